The number of carbonyl (C=O) groups is 5. The van der Waals surface area contributed by atoms with E-state index in [-0.39, 0.29) is 31.6 Å². The van der Waals surface area contributed by atoms with Crippen LogP contribution < -0.4 is 21.7 Å². The monoisotopic (exact) mass is 538 g/mol. The van der Waals surface area contributed by atoms with Crippen LogP contribution in [0.1, 0.15) is 45.1 Å². The molecule has 12 heteroatoms. The van der Waals surface area contributed by atoms with Crippen LogP contribution in [0.15, 0.2) is 30.3 Å². The number of thioether (sulfide) groups is 1. The van der Waals surface area contributed by atoms with E-state index in [4.69, 9.17) is 10.8 Å². The molecule has 11 nitrogen and oxygen atoms in total. The number of amides is 3. The molecule has 5 atom stereocenters. The van der Waals surface area contributed by atoms with E-state index in [1.165, 1.54) is 11.8 Å². The van der Waals surface area contributed by atoms with Crippen LogP contribution in [0.3, 0.4) is 0 Å². The highest BCUT2D eigenvalue weighted by Gasteiger charge is 2.32. The highest BCUT2D eigenvalue weighted by molar-refractivity contribution is 7.98. The second-order valence-corrected chi connectivity index (χ2v) is 9.83. The fraction of sp³-hybridized carbons (Fsp3) is 0.560. The zero-order valence-corrected chi connectivity index (χ0v) is 22.3. The summed E-state index contributed by atoms with van der Waals surface area (Å²) in [6.45, 7) is 3.60. The van der Waals surface area contributed by atoms with Crippen molar-refractivity contribution in [3.8, 4) is 0 Å². The first-order chi connectivity index (χ1) is 17.5. The zero-order chi connectivity index (χ0) is 28.0. The van der Waals surface area contributed by atoms with Gasteiger partial charge in [-0.25, -0.2) is 4.79 Å². The van der Waals surface area contributed by atoms with E-state index in [1.54, 1.807) is 37.3 Å². The van der Waals surface area contributed by atoms with Crippen molar-refractivity contribution in [2.45, 2.75) is 70.1 Å². The summed E-state index contributed by atoms with van der Waals surface area (Å²) < 4.78 is 0. The van der Waals surface area contributed by atoms with Crippen LogP contribution in [-0.4, -0.2) is 76.0 Å². The van der Waals surface area contributed by atoms with Gasteiger partial charge >= 0.3 is 11.9 Å². The third kappa shape index (κ3) is 11.6. The summed E-state index contributed by atoms with van der Waals surface area (Å²) in [6, 6.07) is 4.54. The molecule has 0 aliphatic heterocycles. The summed E-state index contributed by atoms with van der Waals surface area (Å²) in [6.07, 6.45) is 2.27. The predicted octanol–water partition coefficient (Wildman–Crippen LogP) is 0.759. The highest BCUT2D eigenvalue weighted by atomic mass is 32.2. The van der Waals surface area contributed by atoms with E-state index in [0.29, 0.717) is 12.2 Å². The van der Waals surface area contributed by atoms with Gasteiger partial charge in [-0.15, -0.1) is 0 Å². The van der Waals surface area contributed by atoms with Crippen molar-refractivity contribution in [3.63, 3.8) is 0 Å². The largest absolute Gasteiger partial charge is 0.481 e. The minimum Gasteiger partial charge on any atom is -0.481 e. The molecule has 1 aromatic carbocycles. The molecule has 1 rings (SSSR count). The number of carboxylic acids is 2. The van der Waals surface area contributed by atoms with Gasteiger partial charge in [0.2, 0.25) is 17.7 Å². The van der Waals surface area contributed by atoms with Crippen molar-refractivity contribution >= 4 is 41.4 Å². The summed E-state index contributed by atoms with van der Waals surface area (Å²) in [5.41, 5.74) is 6.57. The first-order valence-corrected chi connectivity index (χ1v) is 13.5. The topological polar surface area (TPSA) is 188 Å². The maximum Gasteiger partial charge on any atom is 0.326 e. The van der Waals surface area contributed by atoms with Gasteiger partial charge in [-0.2, -0.15) is 11.8 Å². The van der Waals surface area contributed by atoms with Crippen molar-refractivity contribution < 1.29 is 34.2 Å². The third-order valence-electron chi connectivity index (χ3n) is 5.94. The lowest BCUT2D eigenvalue weighted by atomic mass is 9.96. The molecule has 0 aromatic heterocycles. The molecular formula is C25H38N4O7S. The Hall–Kier alpha value is -3.12. The smallest absolute Gasteiger partial charge is 0.326 e. The van der Waals surface area contributed by atoms with Gasteiger partial charge in [0, 0.05) is 12.8 Å². The molecule has 0 aliphatic carbocycles. The fourth-order valence-corrected chi connectivity index (χ4v) is 3.93. The van der Waals surface area contributed by atoms with Crippen LogP contribution in [0.4, 0.5) is 0 Å². The summed E-state index contributed by atoms with van der Waals surface area (Å²) in [4.78, 5) is 61.5. The first-order valence-electron chi connectivity index (χ1n) is 12.1. The molecule has 0 saturated heterocycles. The summed E-state index contributed by atoms with van der Waals surface area (Å²) in [5, 5.41) is 26.1. The quantitative estimate of drug-likeness (QED) is 0.166. The van der Waals surface area contributed by atoms with E-state index in [2.05, 4.69) is 16.0 Å². The van der Waals surface area contributed by atoms with Gasteiger partial charge in [-0.1, -0.05) is 50.6 Å². The molecular weight excluding hydrogens is 500 g/mol. The maximum atomic E-state index is 13.3. The van der Waals surface area contributed by atoms with Gasteiger partial charge in [0.05, 0.1) is 6.04 Å². The first kappa shape index (κ1) is 31.9. The van der Waals surface area contributed by atoms with E-state index in [9.17, 15) is 29.1 Å². The normalized spacial score (nSPS) is 14.9. The molecule has 1 aromatic rings. The molecule has 37 heavy (non-hydrogen) atoms. The lowest BCUT2D eigenvalue weighted by Crippen LogP contribution is -2.59. The number of aliphatic carboxylic acids is 2. The Morgan fingerprint density at radius 1 is 0.919 bits per heavy atom. The minimum absolute atomic E-state index is 0.102. The molecule has 0 heterocycles. The van der Waals surface area contributed by atoms with Crippen LogP contribution in [0.5, 0.6) is 0 Å². The van der Waals surface area contributed by atoms with Crippen LogP contribution in [0.25, 0.3) is 0 Å². The van der Waals surface area contributed by atoms with E-state index in [1.807, 2.05) is 13.2 Å². The van der Waals surface area contributed by atoms with Crippen LogP contribution in [0, 0.1) is 5.92 Å². The van der Waals surface area contributed by atoms with E-state index in [0.717, 1.165) is 5.56 Å². The molecule has 0 bridgehead atoms. The Morgan fingerprint density at radius 3 is 2.08 bits per heavy atom. The van der Waals surface area contributed by atoms with E-state index >= 15 is 0 Å². The lowest BCUT2D eigenvalue weighted by Gasteiger charge is -2.28. The molecule has 0 fully saturated rings. The average molecular weight is 539 g/mol. The average Bonchev–Trinajstić information content (AvgIpc) is 2.87. The highest BCUT2D eigenvalue weighted by Crippen LogP contribution is 2.12. The second kappa shape index (κ2) is 16.6. The van der Waals surface area contributed by atoms with Gasteiger partial charge in [0.25, 0.3) is 0 Å². The number of nitrogens with two attached hydrogens (primary N) is 1. The van der Waals surface area contributed by atoms with Gasteiger partial charge in [0.1, 0.15) is 18.1 Å². The van der Waals surface area contributed by atoms with Crippen LogP contribution >= 0.6 is 11.8 Å². The van der Waals surface area contributed by atoms with Crippen molar-refractivity contribution in [1.82, 2.24) is 16.0 Å². The van der Waals surface area contributed by atoms with Crippen LogP contribution in [0.2, 0.25) is 0 Å². The molecule has 206 valence electrons. The molecule has 7 N–H and O–H groups in total. The SMILES string of the molecule is CCC(C)C(NC(=O)C(Cc1ccccc1)NC(=O)C(N)CCC(=O)O)C(=O)NC(CCSC)C(=O)O. The second-order valence-electron chi connectivity index (χ2n) is 8.84. The summed E-state index contributed by atoms with van der Waals surface area (Å²) >= 11 is 1.45. The Balaban J connectivity index is 3.09. The van der Waals surface area contributed by atoms with Crippen molar-refractivity contribution in [3.05, 3.63) is 35.9 Å². The van der Waals surface area contributed by atoms with Crippen molar-refractivity contribution in [2.75, 3.05) is 12.0 Å². The van der Waals surface area contributed by atoms with Gasteiger partial charge in [-0.3, -0.25) is 19.2 Å². The Kier molecular flexibility index (Phi) is 14.3. The molecule has 0 radical (unpaired) electrons. The Labute approximate surface area is 221 Å². The molecule has 0 aliphatic rings. The number of nitrogens with one attached hydrogen (secondary N) is 3. The Bertz CT molecular complexity index is 916. The van der Waals surface area contributed by atoms with Crippen molar-refractivity contribution in [2.24, 2.45) is 11.7 Å². The number of hydrogen-bond donors (Lipinski definition) is 6. The maximum absolute atomic E-state index is 13.3. The predicted molar refractivity (Wildman–Crippen MR) is 141 cm³/mol. The number of rotatable bonds is 17. The third-order valence-corrected chi connectivity index (χ3v) is 6.58. The fourth-order valence-electron chi connectivity index (χ4n) is 3.46. The molecule has 0 spiro atoms. The van der Waals surface area contributed by atoms with Gasteiger partial charge in [0.15, 0.2) is 0 Å². The van der Waals surface area contributed by atoms with Gasteiger partial charge in [-0.05, 0) is 36.3 Å². The number of hydrogen-bond acceptors (Lipinski definition) is 7. The van der Waals surface area contributed by atoms with E-state index < -0.39 is 53.8 Å². The zero-order valence-electron chi connectivity index (χ0n) is 21.4. The lowest BCUT2D eigenvalue weighted by molar-refractivity contribution is -0.142. The van der Waals surface area contributed by atoms with Crippen molar-refractivity contribution in [1.29, 1.82) is 0 Å². The number of benzene rings is 1. The number of carbonyl (C=O) groups excluding carboxylic acids is 3. The van der Waals surface area contributed by atoms with Gasteiger partial charge < -0.3 is 31.9 Å². The summed E-state index contributed by atoms with van der Waals surface area (Å²) in [7, 11) is 0. The summed E-state index contributed by atoms with van der Waals surface area (Å²) in [5.74, 6) is -4.01. The molecule has 5 unspecified atom stereocenters. The standard InChI is InChI=1S/C25H38N4O7S/c1-4-15(2)21(24(34)27-18(25(35)36)12-13-37-3)29-23(33)19(14-16-8-6-5-7-9-16)28-22(32)17(26)10-11-20(30)31/h5-9,15,17-19,21H,4,10-14,26H2,1-3H3,(H,27,34)(H,28,32)(H,29,33)(H,30,31)(H,35,36). The minimum atomic E-state index is -1.17. The molecule has 3 amide bonds. The Morgan fingerprint density at radius 2 is 1.54 bits per heavy atom. The molecule has 0 saturated carbocycles. The van der Waals surface area contributed by atoms with Crippen LogP contribution in [-0.2, 0) is 30.4 Å². The number of carboxylic acid groups (broad SMARTS) is 2.